The number of anilines is 1. The fourth-order valence-electron chi connectivity index (χ4n) is 3.64. The smallest absolute Gasteiger partial charge is 0.172 e. The third-order valence-corrected chi connectivity index (χ3v) is 6.12. The first kappa shape index (κ1) is 22.6. The first-order valence-corrected chi connectivity index (χ1v) is 11.6. The maximum atomic E-state index is 6.42. The molecule has 2 aromatic carbocycles. The zero-order valence-electron chi connectivity index (χ0n) is 18.1. The summed E-state index contributed by atoms with van der Waals surface area (Å²) in [4.78, 5) is 7.05. The molecule has 0 atom stereocenters. The zero-order chi connectivity index (χ0) is 22.5. The number of nitrogens with zero attached hydrogens (tertiary/aromatic N) is 4. The van der Waals surface area contributed by atoms with Gasteiger partial charge in [0, 0.05) is 35.3 Å². The molecular formula is C24H25BrClN5O. The van der Waals surface area contributed by atoms with E-state index in [9.17, 15) is 0 Å². The summed E-state index contributed by atoms with van der Waals surface area (Å²) in [6.45, 7) is 2.58. The van der Waals surface area contributed by atoms with Crippen molar-refractivity contribution in [1.29, 1.82) is 0 Å². The molecule has 0 fully saturated rings. The lowest BCUT2D eigenvalue weighted by molar-refractivity contribution is 0.316. The second-order valence-electron chi connectivity index (χ2n) is 7.56. The van der Waals surface area contributed by atoms with E-state index in [0.717, 1.165) is 59.0 Å². The Morgan fingerprint density at radius 1 is 1.16 bits per heavy atom. The highest BCUT2D eigenvalue weighted by Gasteiger charge is 2.13. The summed E-state index contributed by atoms with van der Waals surface area (Å²) < 4.78 is 8.11. The molecule has 6 nitrogen and oxygen atoms in total. The van der Waals surface area contributed by atoms with Crippen LogP contribution in [0.15, 0.2) is 65.3 Å². The molecule has 2 heterocycles. The third kappa shape index (κ3) is 5.06. The van der Waals surface area contributed by atoms with Gasteiger partial charge in [-0.2, -0.15) is 9.61 Å². The van der Waals surface area contributed by atoms with E-state index in [1.54, 1.807) is 13.3 Å². The average Bonchev–Trinajstić information content (AvgIpc) is 3.18. The Morgan fingerprint density at radius 2 is 1.94 bits per heavy atom. The van der Waals surface area contributed by atoms with E-state index in [0.29, 0.717) is 5.02 Å². The summed E-state index contributed by atoms with van der Waals surface area (Å²) in [6.07, 6.45) is 2.73. The van der Waals surface area contributed by atoms with Crippen molar-refractivity contribution in [2.45, 2.75) is 13.0 Å². The number of fused-ring (bicyclic) bond motifs is 1. The summed E-state index contributed by atoms with van der Waals surface area (Å²) >= 11 is 9.96. The fraction of sp³-hybridized carbons (Fsp3) is 0.250. The number of nitrogens with one attached hydrogen (secondary N) is 1. The lowest BCUT2D eigenvalue weighted by Crippen LogP contribution is -2.22. The van der Waals surface area contributed by atoms with Crippen LogP contribution in [-0.2, 0) is 6.54 Å². The highest BCUT2D eigenvalue weighted by atomic mass is 79.9. The third-order valence-electron chi connectivity index (χ3n) is 5.23. The standard InChI is InChI=1S/C24H25BrClN5O/c1-30(16-17-8-3-6-11-22(17)32-2)13-7-12-27-23-14-21(18-9-4-5-10-20(18)26)29-24-19(25)15-28-31(23)24/h3-6,8-11,14-15,27H,7,12-13,16H2,1-2H3. The number of benzene rings is 2. The molecular weight excluding hydrogens is 490 g/mol. The SMILES string of the molecule is COc1ccccc1CN(C)CCCNc1cc(-c2ccccc2Cl)nc2c(Br)cnn12. The van der Waals surface area contributed by atoms with E-state index in [2.05, 4.69) is 44.4 Å². The van der Waals surface area contributed by atoms with Crippen LogP contribution in [-0.4, -0.2) is 46.7 Å². The maximum Gasteiger partial charge on any atom is 0.172 e. The van der Waals surface area contributed by atoms with Crippen molar-refractivity contribution in [2.75, 3.05) is 32.6 Å². The van der Waals surface area contributed by atoms with Gasteiger partial charge >= 0.3 is 0 Å². The normalized spacial score (nSPS) is 11.3. The molecule has 166 valence electrons. The van der Waals surface area contributed by atoms with E-state index in [-0.39, 0.29) is 0 Å². The summed E-state index contributed by atoms with van der Waals surface area (Å²) in [6, 6.07) is 17.9. The van der Waals surface area contributed by atoms with Gasteiger partial charge in [-0.15, -0.1) is 0 Å². The molecule has 0 unspecified atom stereocenters. The van der Waals surface area contributed by atoms with E-state index < -0.39 is 0 Å². The van der Waals surface area contributed by atoms with Crippen molar-refractivity contribution in [1.82, 2.24) is 19.5 Å². The van der Waals surface area contributed by atoms with Crippen LogP contribution in [0.2, 0.25) is 5.02 Å². The van der Waals surface area contributed by atoms with Gasteiger partial charge in [0.25, 0.3) is 0 Å². The minimum Gasteiger partial charge on any atom is -0.496 e. The van der Waals surface area contributed by atoms with Crippen molar-refractivity contribution in [3.63, 3.8) is 0 Å². The maximum absolute atomic E-state index is 6.42. The summed E-state index contributed by atoms with van der Waals surface area (Å²) in [5.74, 6) is 1.80. The number of para-hydroxylation sites is 1. The number of methoxy groups -OCH3 is 1. The first-order chi connectivity index (χ1) is 15.6. The molecule has 0 saturated carbocycles. The molecule has 0 radical (unpaired) electrons. The van der Waals surface area contributed by atoms with Crippen LogP contribution in [0.3, 0.4) is 0 Å². The molecule has 0 spiro atoms. The van der Waals surface area contributed by atoms with Gasteiger partial charge in [0.15, 0.2) is 5.65 Å². The van der Waals surface area contributed by atoms with Gasteiger partial charge in [-0.05, 0) is 48.1 Å². The fourth-order valence-corrected chi connectivity index (χ4v) is 4.22. The monoisotopic (exact) mass is 513 g/mol. The van der Waals surface area contributed by atoms with Gasteiger partial charge in [0.05, 0.1) is 23.5 Å². The van der Waals surface area contributed by atoms with Gasteiger partial charge in [-0.1, -0.05) is 48.0 Å². The van der Waals surface area contributed by atoms with Gasteiger partial charge in [0.1, 0.15) is 11.6 Å². The van der Waals surface area contributed by atoms with Gasteiger partial charge < -0.3 is 15.0 Å². The summed E-state index contributed by atoms with van der Waals surface area (Å²) in [5.41, 5.74) is 3.63. The highest BCUT2D eigenvalue weighted by Crippen LogP contribution is 2.30. The number of ether oxygens (including phenoxy) is 1. The number of aromatic nitrogens is 3. The largest absolute Gasteiger partial charge is 0.496 e. The second-order valence-corrected chi connectivity index (χ2v) is 8.83. The van der Waals surface area contributed by atoms with Crippen molar-refractivity contribution in [3.8, 4) is 17.0 Å². The van der Waals surface area contributed by atoms with Gasteiger partial charge in [-0.3, -0.25) is 0 Å². The topological polar surface area (TPSA) is 54.7 Å². The average molecular weight is 515 g/mol. The van der Waals surface area contributed by atoms with Crippen LogP contribution in [0.4, 0.5) is 5.82 Å². The molecule has 0 bridgehead atoms. The molecule has 0 amide bonds. The highest BCUT2D eigenvalue weighted by molar-refractivity contribution is 9.10. The van der Waals surface area contributed by atoms with Crippen molar-refractivity contribution in [2.24, 2.45) is 0 Å². The van der Waals surface area contributed by atoms with Crippen LogP contribution in [0.25, 0.3) is 16.9 Å². The van der Waals surface area contributed by atoms with E-state index in [1.807, 2.05) is 53.0 Å². The van der Waals surface area contributed by atoms with Crippen LogP contribution in [0.5, 0.6) is 5.75 Å². The Bertz CT molecular complexity index is 1210. The summed E-state index contributed by atoms with van der Waals surface area (Å²) in [5, 5.41) is 8.64. The van der Waals surface area contributed by atoms with E-state index in [4.69, 9.17) is 21.3 Å². The van der Waals surface area contributed by atoms with E-state index in [1.165, 1.54) is 5.56 Å². The molecule has 8 heteroatoms. The number of hydrogen-bond acceptors (Lipinski definition) is 5. The Labute approximate surface area is 201 Å². The molecule has 0 saturated heterocycles. The number of rotatable bonds is 9. The van der Waals surface area contributed by atoms with Gasteiger partial charge in [0.2, 0.25) is 0 Å². The molecule has 2 aromatic heterocycles. The number of hydrogen-bond donors (Lipinski definition) is 1. The van der Waals surface area contributed by atoms with Crippen molar-refractivity contribution >= 4 is 39.0 Å². The Morgan fingerprint density at radius 3 is 2.75 bits per heavy atom. The Kier molecular flexibility index (Phi) is 7.29. The van der Waals surface area contributed by atoms with Crippen LogP contribution in [0, 0.1) is 0 Å². The predicted octanol–water partition coefficient (Wildman–Crippen LogP) is 5.75. The van der Waals surface area contributed by atoms with Crippen LogP contribution in [0.1, 0.15) is 12.0 Å². The molecule has 0 aliphatic heterocycles. The molecule has 4 aromatic rings. The minimum atomic E-state index is 0.670. The molecule has 32 heavy (non-hydrogen) atoms. The minimum absolute atomic E-state index is 0.670. The molecule has 4 rings (SSSR count). The Hall–Kier alpha value is -2.61. The molecule has 1 N–H and O–H groups in total. The van der Waals surface area contributed by atoms with Gasteiger partial charge in [-0.25, -0.2) is 4.98 Å². The molecule has 0 aliphatic carbocycles. The van der Waals surface area contributed by atoms with E-state index >= 15 is 0 Å². The van der Waals surface area contributed by atoms with Crippen molar-refractivity contribution in [3.05, 3.63) is 75.9 Å². The van der Waals surface area contributed by atoms with Crippen molar-refractivity contribution < 1.29 is 4.74 Å². The lowest BCUT2D eigenvalue weighted by Gasteiger charge is -2.19. The zero-order valence-corrected chi connectivity index (χ0v) is 20.4. The predicted molar refractivity (Wildman–Crippen MR) is 134 cm³/mol. The number of halogens is 2. The molecule has 0 aliphatic rings. The summed E-state index contributed by atoms with van der Waals surface area (Å²) in [7, 11) is 3.83. The first-order valence-electron chi connectivity index (χ1n) is 10.4. The Balaban J connectivity index is 1.43. The van der Waals surface area contributed by atoms with Crippen LogP contribution < -0.4 is 10.1 Å². The quantitative estimate of drug-likeness (QED) is 0.288. The second kappa shape index (κ2) is 10.3. The lowest BCUT2D eigenvalue weighted by atomic mass is 10.1. The van der Waals surface area contributed by atoms with Crippen LogP contribution >= 0.6 is 27.5 Å².